The fourth-order valence-electron chi connectivity index (χ4n) is 2.00. The Balaban J connectivity index is 2.11. The number of aromatic nitrogens is 1. The summed E-state index contributed by atoms with van der Waals surface area (Å²) in [5.74, 6) is -0.667. The highest BCUT2D eigenvalue weighted by Gasteiger charge is 2.14. The number of rotatable bonds is 4. The molecule has 1 heterocycles. The zero-order valence-corrected chi connectivity index (χ0v) is 12.1. The molecule has 20 heavy (non-hydrogen) atoms. The van der Waals surface area contributed by atoms with Crippen molar-refractivity contribution in [1.82, 2.24) is 9.88 Å². The van der Waals surface area contributed by atoms with Crippen LogP contribution in [0, 0.1) is 5.82 Å². The standard InChI is InChI=1S/C15H16ClFN2O/c1-10(2)19-8-4-7-14(19)15(20)18-9-11-12(16)5-3-6-13(11)17/h3-8,10H,9H2,1-2H3,(H,18,20). The topological polar surface area (TPSA) is 34.0 Å². The minimum atomic E-state index is -0.419. The third-order valence-corrected chi connectivity index (χ3v) is 3.41. The van der Waals surface area contributed by atoms with Crippen molar-refractivity contribution in [1.29, 1.82) is 0 Å². The molecule has 0 atom stereocenters. The summed E-state index contributed by atoms with van der Waals surface area (Å²) >= 11 is 5.92. The normalized spacial score (nSPS) is 10.8. The third kappa shape index (κ3) is 3.02. The second-order valence-electron chi connectivity index (χ2n) is 4.78. The number of nitrogens with zero attached hydrogens (tertiary/aromatic N) is 1. The number of carbonyl (C=O) groups excluding carboxylic acids is 1. The zero-order valence-electron chi connectivity index (χ0n) is 11.4. The molecule has 1 aromatic heterocycles. The summed E-state index contributed by atoms with van der Waals surface area (Å²) in [5, 5.41) is 3.00. The van der Waals surface area contributed by atoms with Crippen molar-refractivity contribution in [2.24, 2.45) is 0 Å². The summed E-state index contributed by atoms with van der Waals surface area (Å²) in [6.45, 7) is 4.04. The first-order valence-corrected chi connectivity index (χ1v) is 6.76. The molecule has 106 valence electrons. The Morgan fingerprint density at radius 1 is 1.35 bits per heavy atom. The van der Waals surface area contributed by atoms with E-state index in [1.54, 1.807) is 12.1 Å². The maximum Gasteiger partial charge on any atom is 0.268 e. The number of hydrogen-bond acceptors (Lipinski definition) is 1. The number of benzene rings is 1. The van der Waals surface area contributed by atoms with Crippen LogP contribution in [-0.2, 0) is 6.54 Å². The van der Waals surface area contributed by atoms with E-state index in [9.17, 15) is 9.18 Å². The Labute approximate surface area is 122 Å². The van der Waals surface area contributed by atoms with Crippen molar-refractivity contribution in [3.63, 3.8) is 0 Å². The van der Waals surface area contributed by atoms with E-state index in [1.807, 2.05) is 30.7 Å². The molecule has 1 aromatic carbocycles. The van der Waals surface area contributed by atoms with Crippen LogP contribution in [0.5, 0.6) is 0 Å². The Kier molecular flexibility index (Phi) is 4.45. The number of amides is 1. The van der Waals surface area contributed by atoms with Crippen LogP contribution < -0.4 is 5.32 Å². The van der Waals surface area contributed by atoms with Crippen LogP contribution in [0.2, 0.25) is 5.02 Å². The second-order valence-corrected chi connectivity index (χ2v) is 5.18. The molecule has 0 unspecified atom stereocenters. The Morgan fingerprint density at radius 2 is 2.10 bits per heavy atom. The molecule has 0 fully saturated rings. The van der Waals surface area contributed by atoms with Gasteiger partial charge < -0.3 is 9.88 Å². The van der Waals surface area contributed by atoms with Crippen LogP contribution in [0.25, 0.3) is 0 Å². The van der Waals surface area contributed by atoms with E-state index in [4.69, 9.17) is 11.6 Å². The molecule has 0 bridgehead atoms. The van der Waals surface area contributed by atoms with E-state index in [-0.39, 0.29) is 18.5 Å². The molecule has 2 rings (SSSR count). The molecule has 0 aliphatic heterocycles. The van der Waals surface area contributed by atoms with Gasteiger partial charge in [0.1, 0.15) is 11.5 Å². The minimum Gasteiger partial charge on any atom is -0.347 e. The molecule has 0 saturated heterocycles. The molecule has 1 N–H and O–H groups in total. The monoisotopic (exact) mass is 294 g/mol. The van der Waals surface area contributed by atoms with Gasteiger partial charge in [0, 0.05) is 29.4 Å². The highest BCUT2D eigenvalue weighted by Crippen LogP contribution is 2.19. The Hall–Kier alpha value is -1.81. The van der Waals surface area contributed by atoms with Crippen molar-refractivity contribution in [2.45, 2.75) is 26.4 Å². The average Bonchev–Trinajstić information content (AvgIpc) is 2.87. The molecule has 5 heteroatoms. The van der Waals surface area contributed by atoms with Gasteiger partial charge in [-0.15, -0.1) is 0 Å². The van der Waals surface area contributed by atoms with Crippen molar-refractivity contribution in [2.75, 3.05) is 0 Å². The van der Waals surface area contributed by atoms with E-state index in [0.717, 1.165) is 0 Å². The number of nitrogens with one attached hydrogen (secondary N) is 1. The summed E-state index contributed by atoms with van der Waals surface area (Å²) < 4.78 is 15.5. The summed E-state index contributed by atoms with van der Waals surface area (Å²) in [5.41, 5.74) is 0.845. The second kappa shape index (κ2) is 6.09. The largest absolute Gasteiger partial charge is 0.347 e. The van der Waals surface area contributed by atoms with Crippen LogP contribution in [0.1, 0.15) is 35.9 Å². The Bertz CT molecular complexity index is 602. The predicted molar refractivity (Wildman–Crippen MR) is 77.4 cm³/mol. The van der Waals surface area contributed by atoms with Crippen molar-refractivity contribution < 1.29 is 9.18 Å². The van der Waals surface area contributed by atoms with Gasteiger partial charge in [-0.05, 0) is 38.1 Å². The summed E-state index contributed by atoms with van der Waals surface area (Å²) in [7, 11) is 0. The van der Waals surface area contributed by atoms with E-state index >= 15 is 0 Å². The molecule has 0 aliphatic rings. The van der Waals surface area contributed by atoms with Gasteiger partial charge in [-0.2, -0.15) is 0 Å². The Morgan fingerprint density at radius 3 is 2.75 bits per heavy atom. The van der Waals surface area contributed by atoms with Crippen LogP contribution >= 0.6 is 11.6 Å². The lowest BCUT2D eigenvalue weighted by Crippen LogP contribution is -2.26. The SMILES string of the molecule is CC(C)n1cccc1C(=O)NCc1c(F)cccc1Cl. The first kappa shape index (κ1) is 14.6. The molecule has 0 aliphatic carbocycles. The molecule has 0 spiro atoms. The third-order valence-electron chi connectivity index (χ3n) is 3.06. The van der Waals surface area contributed by atoms with Crippen LogP contribution in [-0.4, -0.2) is 10.5 Å². The quantitative estimate of drug-likeness (QED) is 0.914. The molecule has 0 radical (unpaired) electrons. The lowest BCUT2D eigenvalue weighted by atomic mass is 10.2. The lowest BCUT2D eigenvalue weighted by molar-refractivity contribution is 0.0940. The van der Waals surface area contributed by atoms with Gasteiger partial charge in [0.05, 0.1) is 0 Å². The number of hydrogen-bond donors (Lipinski definition) is 1. The summed E-state index contributed by atoms with van der Waals surface area (Å²) in [6, 6.07) is 8.19. The van der Waals surface area contributed by atoms with E-state index in [1.165, 1.54) is 12.1 Å². The van der Waals surface area contributed by atoms with Gasteiger partial charge in [-0.1, -0.05) is 17.7 Å². The predicted octanol–water partition coefficient (Wildman–Crippen LogP) is 3.79. The van der Waals surface area contributed by atoms with Crippen molar-refractivity contribution in [3.8, 4) is 0 Å². The maximum atomic E-state index is 13.6. The molecule has 3 nitrogen and oxygen atoms in total. The molecule has 0 saturated carbocycles. The smallest absolute Gasteiger partial charge is 0.268 e. The average molecular weight is 295 g/mol. The summed E-state index contributed by atoms with van der Waals surface area (Å²) in [4.78, 5) is 12.1. The lowest BCUT2D eigenvalue weighted by Gasteiger charge is -2.13. The van der Waals surface area contributed by atoms with E-state index < -0.39 is 5.82 Å². The number of halogens is 2. The van der Waals surface area contributed by atoms with E-state index in [2.05, 4.69) is 5.32 Å². The first-order valence-electron chi connectivity index (χ1n) is 6.38. The first-order chi connectivity index (χ1) is 9.50. The molecular formula is C15H16ClFN2O. The van der Waals surface area contributed by atoms with Crippen molar-refractivity contribution in [3.05, 3.63) is 58.6 Å². The zero-order chi connectivity index (χ0) is 14.7. The van der Waals surface area contributed by atoms with Crippen molar-refractivity contribution >= 4 is 17.5 Å². The number of carbonyl (C=O) groups is 1. The van der Waals surface area contributed by atoms with Gasteiger partial charge >= 0.3 is 0 Å². The fourth-order valence-corrected chi connectivity index (χ4v) is 2.23. The van der Waals surface area contributed by atoms with Gasteiger partial charge in [0.2, 0.25) is 0 Å². The minimum absolute atomic E-state index is 0.0631. The van der Waals surface area contributed by atoms with Crippen LogP contribution in [0.4, 0.5) is 4.39 Å². The van der Waals surface area contributed by atoms with Gasteiger partial charge in [-0.25, -0.2) is 4.39 Å². The fraction of sp³-hybridized carbons (Fsp3) is 0.267. The van der Waals surface area contributed by atoms with E-state index in [0.29, 0.717) is 16.3 Å². The highest BCUT2D eigenvalue weighted by molar-refractivity contribution is 6.31. The summed E-state index contributed by atoms with van der Waals surface area (Å²) in [6.07, 6.45) is 1.84. The van der Waals surface area contributed by atoms with Gasteiger partial charge in [0.15, 0.2) is 0 Å². The van der Waals surface area contributed by atoms with Gasteiger partial charge in [-0.3, -0.25) is 4.79 Å². The van der Waals surface area contributed by atoms with Gasteiger partial charge in [0.25, 0.3) is 5.91 Å². The highest BCUT2D eigenvalue weighted by atomic mass is 35.5. The van der Waals surface area contributed by atoms with Crippen LogP contribution in [0.15, 0.2) is 36.5 Å². The molecule has 1 amide bonds. The van der Waals surface area contributed by atoms with Crippen LogP contribution in [0.3, 0.4) is 0 Å². The molecule has 2 aromatic rings. The maximum absolute atomic E-state index is 13.6. The molecular weight excluding hydrogens is 279 g/mol.